The minimum Gasteiger partial charge on any atom is -0.461 e. The highest BCUT2D eigenvalue weighted by molar-refractivity contribution is 9.10. The molecule has 0 radical (unpaired) electrons. The third kappa shape index (κ3) is 1.94. The molecule has 0 aromatic carbocycles. The third-order valence-corrected chi connectivity index (χ3v) is 2.92. The van der Waals surface area contributed by atoms with Crippen LogP contribution in [0.2, 0.25) is 0 Å². The number of hydrogen-bond acceptors (Lipinski definition) is 4. The summed E-state index contributed by atoms with van der Waals surface area (Å²) in [6.07, 6.45) is 1.80. The van der Waals surface area contributed by atoms with Crippen LogP contribution in [-0.2, 0) is 4.74 Å². The van der Waals surface area contributed by atoms with E-state index in [4.69, 9.17) is 4.74 Å². The van der Waals surface area contributed by atoms with Crippen LogP contribution in [0.1, 0.15) is 17.4 Å². The van der Waals surface area contributed by atoms with E-state index in [-0.39, 0.29) is 5.69 Å². The highest BCUT2D eigenvalue weighted by Crippen LogP contribution is 2.20. The average molecular weight is 301 g/mol. The molecule has 0 aliphatic carbocycles. The number of esters is 1. The van der Waals surface area contributed by atoms with Crippen molar-refractivity contribution in [3.8, 4) is 0 Å². The summed E-state index contributed by atoms with van der Waals surface area (Å²) in [6, 6.07) is 3.65. The molecular weight excluding hydrogens is 292 g/mol. The van der Waals surface area contributed by atoms with Crippen molar-refractivity contribution in [2.75, 3.05) is 6.61 Å². The van der Waals surface area contributed by atoms with E-state index in [0.29, 0.717) is 17.3 Å². The van der Waals surface area contributed by atoms with Crippen molar-refractivity contribution in [1.82, 2.24) is 9.38 Å². The minimum absolute atomic E-state index is 0.239. The Morgan fingerprint density at radius 2 is 2.38 bits per heavy atom. The predicted octanol–water partition coefficient (Wildman–Crippen LogP) is 2.56. The van der Waals surface area contributed by atoms with Gasteiger partial charge in [0.2, 0.25) is 0 Å². The molecule has 84 valence electrons. The predicted molar refractivity (Wildman–Crippen MR) is 66.1 cm³/mol. The van der Waals surface area contributed by atoms with Gasteiger partial charge in [0, 0.05) is 10.7 Å². The summed E-state index contributed by atoms with van der Waals surface area (Å²) in [4.78, 5) is 15.7. The smallest absolute Gasteiger partial charge is 0.359 e. The van der Waals surface area contributed by atoms with Crippen LogP contribution in [0.5, 0.6) is 0 Å². The number of halogens is 1. The van der Waals surface area contributed by atoms with Gasteiger partial charge in [-0.3, -0.25) is 4.40 Å². The van der Waals surface area contributed by atoms with Gasteiger partial charge in [0.1, 0.15) is 10.7 Å². The fraction of sp³-hybridized carbons (Fsp3) is 0.200. The molecule has 6 heteroatoms. The highest BCUT2D eigenvalue weighted by Gasteiger charge is 2.17. The average Bonchev–Trinajstić information content (AvgIpc) is 2.57. The molecule has 2 aromatic heterocycles. The van der Waals surface area contributed by atoms with Crippen LogP contribution >= 0.6 is 28.6 Å². The maximum absolute atomic E-state index is 11.6. The van der Waals surface area contributed by atoms with E-state index in [9.17, 15) is 4.79 Å². The van der Waals surface area contributed by atoms with E-state index in [1.165, 1.54) is 0 Å². The number of imidazole rings is 1. The lowest BCUT2D eigenvalue weighted by atomic mass is 10.5. The molecule has 0 bridgehead atoms. The lowest BCUT2D eigenvalue weighted by molar-refractivity contribution is 0.0516. The van der Waals surface area contributed by atoms with Gasteiger partial charge in [-0.25, -0.2) is 9.78 Å². The Hall–Kier alpha value is -1.01. The number of hydrogen-bond donors (Lipinski definition) is 1. The van der Waals surface area contributed by atoms with Gasteiger partial charge in [-0.05, 0) is 35.0 Å². The van der Waals surface area contributed by atoms with Gasteiger partial charge < -0.3 is 4.74 Å². The van der Waals surface area contributed by atoms with E-state index in [1.807, 2.05) is 6.07 Å². The summed E-state index contributed by atoms with van der Waals surface area (Å²) in [7, 11) is 0. The molecule has 0 amide bonds. The Labute approximate surface area is 106 Å². The van der Waals surface area contributed by atoms with Crippen LogP contribution in [0.4, 0.5) is 0 Å². The van der Waals surface area contributed by atoms with Crippen molar-refractivity contribution < 1.29 is 9.53 Å². The first-order valence-corrected chi connectivity index (χ1v) is 5.91. The van der Waals surface area contributed by atoms with E-state index < -0.39 is 5.97 Å². The van der Waals surface area contributed by atoms with Crippen LogP contribution in [0.3, 0.4) is 0 Å². The van der Waals surface area contributed by atoms with E-state index in [2.05, 4.69) is 33.5 Å². The fourth-order valence-electron chi connectivity index (χ4n) is 1.34. The number of carbonyl (C=O) groups excluding carboxylic acids is 1. The van der Waals surface area contributed by atoms with Gasteiger partial charge in [-0.15, -0.1) is 12.6 Å². The Morgan fingerprint density at radius 3 is 3.06 bits per heavy atom. The monoisotopic (exact) mass is 300 g/mol. The molecule has 2 aromatic rings. The Morgan fingerprint density at radius 1 is 1.62 bits per heavy atom. The normalized spacial score (nSPS) is 10.7. The first-order valence-electron chi connectivity index (χ1n) is 4.67. The standard InChI is InChI=1S/C10H9BrN2O2S/c1-2-15-10(14)8-9(16)13-5-6(11)3-4-7(13)12-8/h3-5,16H,2H2,1H3. The van der Waals surface area contributed by atoms with Gasteiger partial charge in [-0.2, -0.15) is 0 Å². The molecule has 0 atom stereocenters. The Balaban J connectivity index is 2.56. The SMILES string of the molecule is CCOC(=O)c1nc2ccc(Br)cn2c1S. The number of carbonyl (C=O) groups is 1. The Bertz CT molecular complexity index is 553. The molecule has 0 saturated carbocycles. The van der Waals surface area contributed by atoms with E-state index in [1.54, 1.807) is 23.6 Å². The summed E-state index contributed by atoms with van der Waals surface area (Å²) in [5.41, 5.74) is 0.902. The first kappa shape index (κ1) is 11.5. The third-order valence-electron chi connectivity index (χ3n) is 2.03. The van der Waals surface area contributed by atoms with Crippen molar-refractivity contribution in [3.05, 3.63) is 28.5 Å². The van der Waals surface area contributed by atoms with Gasteiger partial charge in [0.15, 0.2) is 5.69 Å². The van der Waals surface area contributed by atoms with Gasteiger partial charge >= 0.3 is 5.97 Å². The van der Waals surface area contributed by atoms with E-state index >= 15 is 0 Å². The highest BCUT2D eigenvalue weighted by atomic mass is 79.9. The zero-order valence-corrected chi connectivity index (χ0v) is 11.0. The molecule has 0 saturated heterocycles. The summed E-state index contributed by atoms with van der Waals surface area (Å²) in [6.45, 7) is 2.08. The fourth-order valence-corrected chi connectivity index (χ4v) is 1.98. The number of nitrogens with zero attached hydrogens (tertiary/aromatic N) is 2. The largest absolute Gasteiger partial charge is 0.461 e. The van der Waals surface area contributed by atoms with Crippen LogP contribution in [0.25, 0.3) is 5.65 Å². The molecule has 0 fully saturated rings. The zero-order chi connectivity index (χ0) is 11.7. The topological polar surface area (TPSA) is 43.6 Å². The molecule has 4 nitrogen and oxygen atoms in total. The lowest BCUT2D eigenvalue weighted by Crippen LogP contribution is -2.05. The maximum atomic E-state index is 11.6. The summed E-state index contributed by atoms with van der Waals surface area (Å²) in [5, 5.41) is 0.481. The number of ether oxygens (including phenoxy) is 1. The summed E-state index contributed by atoms with van der Waals surface area (Å²) in [5.74, 6) is -0.452. The quantitative estimate of drug-likeness (QED) is 0.685. The maximum Gasteiger partial charge on any atom is 0.359 e. The number of thiol groups is 1. The second-order valence-electron chi connectivity index (χ2n) is 3.08. The van der Waals surface area contributed by atoms with Crippen molar-refractivity contribution >= 4 is 40.2 Å². The van der Waals surface area contributed by atoms with Gasteiger partial charge in [0.25, 0.3) is 0 Å². The van der Waals surface area contributed by atoms with Crippen LogP contribution in [-0.4, -0.2) is 22.0 Å². The Kier molecular flexibility index (Phi) is 3.20. The molecular formula is C10H9BrN2O2S. The molecule has 16 heavy (non-hydrogen) atoms. The number of pyridine rings is 1. The molecule has 2 rings (SSSR count). The second-order valence-corrected chi connectivity index (χ2v) is 4.42. The lowest BCUT2D eigenvalue weighted by Gasteiger charge is -1.98. The molecule has 0 N–H and O–H groups in total. The number of fused-ring (bicyclic) bond motifs is 1. The van der Waals surface area contributed by atoms with Crippen LogP contribution in [0.15, 0.2) is 27.8 Å². The molecule has 0 unspecified atom stereocenters. The van der Waals surface area contributed by atoms with Crippen molar-refractivity contribution in [2.45, 2.75) is 11.9 Å². The number of rotatable bonds is 2. The van der Waals surface area contributed by atoms with Gasteiger partial charge in [0.05, 0.1) is 6.61 Å². The molecule has 0 aliphatic rings. The zero-order valence-electron chi connectivity index (χ0n) is 8.48. The van der Waals surface area contributed by atoms with E-state index in [0.717, 1.165) is 4.47 Å². The minimum atomic E-state index is -0.452. The number of aromatic nitrogens is 2. The first-order chi connectivity index (χ1) is 7.63. The van der Waals surface area contributed by atoms with Crippen LogP contribution < -0.4 is 0 Å². The van der Waals surface area contributed by atoms with Gasteiger partial charge in [-0.1, -0.05) is 0 Å². The van der Waals surface area contributed by atoms with Crippen molar-refractivity contribution in [1.29, 1.82) is 0 Å². The summed E-state index contributed by atoms with van der Waals surface area (Å²) >= 11 is 7.62. The second kappa shape index (κ2) is 4.47. The van der Waals surface area contributed by atoms with Crippen LogP contribution in [0, 0.1) is 0 Å². The molecule has 2 heterocycles. The summed E-state index contributed by atoms with van der Waals surface area (Å²) < 4.78 is 7.51. The van der Waals surface area contributed by atoms with Crippen molar-refractivity contribution in [2.24, 2.45) is 0 Å². The van der Waals surface area contributed by atoms with Crippen molar-refractivity contribution in [3.63, 3.8) is 0 Å². The molecule has 0 aliphatic heterocycles. The molecule has 0 spiro atoms.